The molecule has 0 bridgehead atoms. The van der Waals surface area contributed by atoms with Crippen molar-refractivity contribution < 1.29 is 5.11 Å². The second kappa shape index (κ2) is 5.11. The molecule has 0 amide bonds. The van der Waals surface area contributed by atoms with Gasteiger partial charge in [-0.1, -0.05) is 44.2 Å². The molecule has 2 rings (SSSR count). The summed E-state index contributed by atoms with van der Waals surface area (Å²) < 4.78 is 1.68. The summed E-state index contributed by atoms with van der Waals surface area (Å²) in [4.78, 5) is 0. The van der Waals surface area contributed by atoms with Crippen LogP contribution in [0.5, 0.6) is 0 Å². The van der Waals surface area contributed by atoms with Crippen LogP contribution in [0, 0.1) is 0 Å². The van der Waals surface area contributed by atoms with E-state index in [0.29, 0.717) is 16.7 Å². The van der Waals surface area contributed by atoms with Gasteiger partial charge in [0.25, 0.3) is 0 Å². The molecule has 7 heteroatoms. The number of hydrogen-bond acceptors (Lipinski definition) is 6. The Morgan fingerprint density at radius 3 is 2.33 bits per heavy atom. The molecule has 0 fully saturated rings. The topological polar surface area (TPSA) is 76.7 Å². The lowest BCUT2D eigenvalue weighted by molar-refractivity contribution is 0.275. The Labute approximate surface area is 110 Å². The normalized spacial score (nSPS) is 11.7. The summed E-state index contributed by atoms with van der Waals surface area (Å²) in [5.74, 6) is 0.563. The van der Waals surface area contributed by atoms with Crippen LogP contribution >= 0.6 is 11.3 Å². The van der Waals surface area contributed by atoms with Gasteiger partial charge in [0.1, 0.15) is 10.7 Å². The summed E-state index contributed by atoms with van der Waals surface area (Å²) in [5, 5.41) is 27.3. The van der Waals surface area contributed by atoms with Crippen LogP contribution < -0.4 is 0 Å². The molecule has 18 heavy (non-hydrogen) atoms. The molecule has 0 atom stereocenters. The van der Waals surface area contributed by atoms with E-state index in [2.05, 4.69) is 34.4 Å². The molecule has 0 unspecified atom stereocenters. The highest BCUT2D eigenvalue weighted by Crippen LogP contribution is 2.25. The fourth-order valence-corrected chi connectivity index (χ4v) is 2.50. The van der Waals surface area contributed by atoms with Gasteiger partial charge in [0, 0.05) is 5.92 Å². The van der Waals surface area contributed by atoms with Crippen LogP contribution in [0.15, 0.2) is 0 Å². The van der Waals surface area contributed by atoms with Gasteiger partial charge in [0.2, 0.25) is 5.13 Å². The van der Waals surface area contributed by atoms with Crippen molar-refractivity contribution in [3.8, 4) is 5.13 Å². The third kappa shape index (κ3) is 2.28. The molecule has 0 saturated carbocycles. The molecule has 0 radical (unpaired) electrons. The third-order valence-electron chi connectivity index (χ3n) is 2.58. The molecule has 0 spiro atoms. The first-order valence-corrected chi connectivity index (χ1v) is 6.75. The molecule has 0 aliphatic heterocycles. The van der Waals surface area contributed by atoms with E-state index in [-0.39, 0.29) is 12.5 Å². The predicted octanol–water partition coefficient (Wildman–Crippen LogP) is 1.86. The Morgan fingerprint density at radius 1 is 1.11 bits per heavy atom. The van der Waals surface area contributed by atoms with E-state index in [4.69, 9.17) is 0 Å². The zero-order valence-electron chi connectivity index (χ0n) is 11.0. The highest BCUT2D eigenvalue weighted by atomic mass is 32.1. The fraction of sp³-hybridized carbons (Fsp3) is 0.636. The Kier molecular flexibility index (Phi) is 3.72. The molecular weight excluding hydrogens is 250 g/mol. The van der Waals surface area contributed by atoms with E-state index in [1.165, 1.54) is 11.3 Å². The molecule has 0 saturated heterocycles. The molecule has 0 aliphatic rings. The molecule has 0 aliphatic carbocycles. The van der Waals surface area contributed by atoms with E-state index in [0.717, 1.165) is 10.7 Å². The maximum atomic E-state index is 9.27. The number of rotatable bonds is 4. The van der Waals surface area contributed by atoms with E-state index in [1.54, 1.807) is 4.68 Å². The summed E-state index contributed by atoms with van der Waals surface area (Å²) >= 11 is 1.51. The average Bonchev–Trinajstić information content (AvgIpc) is 2.94. The monoisotopic (exact) mass is 267 g/mol. The summed E-state index contributed by atoms with van der Waals surface area (Å²) in [6.45, 7) is 8.13. The van der Waals surface area contributed by atoms with Crippen LogP contribution in [0.3, 0.4) is 0 Å². The summed E-state index contributed by atoms with van der Waals surface area (Å²) in [6, 6.07) is 0. The SMILES string of the molecule is CC(C)c1nnc(-n2nnc(CO)c2C(C)C)s1. The van der Waals surface area contributed by atoms with Gasteiger partial charge in [0.05, 0.1) is 12.3 Å². The molecule has 2 aromatic heterocycles. The van der Waals surface area contributed by atoms with Gasteiger partial charge in [-0.05, 0) is 5.92 Å². The van der Waals surface area contributed by atoms with Crippen LogP contribution in [-0.2, 0) is 6.61 Å². The quantitative estimate of drug-likeness (QED) is 0.915. The smallest absolute Gasteiger partial charge is 0.234 e. The van der Waals surface area contributed by atoms with Crippen LogP contribution in [0.1, 0.15) is 55.9 Å². The number of aromatic nitrogens is 5. The number of aliphatic hydroxyl groups is 1. The first-order chi connectivity index (χ1) is 8.54. The number of nitrogens with zero attached hydrogens (tertiary/aromatic N) is 5. The van der Waals surface area contributed by atoms with Gasteiger partial charge in [-0.15, -0.1) is 15.3 Å². The highest BCUT2D eigenvalue weighted by Gasteiger charge is 2.19. The zero-order valence-corrected chi connectivity index (χ0v) is 11.8. The second-order valence-electron chi connectivity index (χ2n) is 4.72. The van der Waals surface area contributed by atoms with E-state index in [1.807, 2.05) is 13.8 Å². The predicted molar refractivity (Wildman–Crippen MR) is 68.9 cm³/mol. The molecular formula is C11H17N5OS. The maximum absolute atomic E-state index is 9.27. The van der Waals surface area contributed by atoms with Crippen molar-refractivity contribution in [2.45, 2.75) is 46.1 Å². The van der Waals surface area contributed by atoms with Crippen LogP contribution in [0.25, 0.3) is 5.13 Å². The van der Waals surface area contributed by atoms with Gasteiger partial charge >= 0.3 is 0 Å². The molecule has 1 N–H and O–H groups in total. The molecule has 2 aromatic rings. The molecule has 6 nitrogen and oxygen atoms in total. The van der Waals surface area contributed by atoms with Crippen LogP contribution in [-0.4, -0.2) is 30.3 Å². The van der Waals surface area contributed by atoms with E-state index in [9.17, 15) is 5.11 Å². The van der Waals surface area contributed by atoms with Gasteiger partial charge in [-0.3, -0.25) is 0 Å². The van der Waals surface area contributed by atoms with Crippen molar-refractivity contribution in [2.75, 3.05) is 0 Å². The Morgan fingerprint density at radius 2 is 1.83 bits per heavy atom. The molecule has 2 heterocycles. The lowest BCUT2D eigenvalue weighted by atomic mass is 10.1. The van der Waals surface area contributed by atoms with E-state index >= 15 is 0 Å². The van der Waals surface area contributed by atoms with Gasteiger partial charge in [-0.2, -0.15) is 4.68 Å². The minimum Gasteiger partial charge on any atom is -0.390 e. The standard InChI is InChI=1S/C11H17N5OS/c1-6(2)9-8(5-17)12-15-16(9)11-14-13-10(18-11)7(3)4/h6-7,17H,5H2,1-4H3. The second-order valence-corrected chi connectivity index (χ2v) is 5.71. The van der Waals surface area contributed by atoms with Gasteiger partial charge in [0.15, 0.2) is 0 Å². The van der Waals surface area contributed by atoms with Crippen molar-refractivity contribution >= 4 is 11.3 Å². The number of hydrogen-bond donors (Lipinski definition) is 1. The Hall–Kier alpha value is -1.34. The van der Waals surface area contributed by atoms with Crippen molar-refractivity contribution in [3.63, 3.8) is 0 Å². The highest BCUT2D eigenvalue weighted by molar-refractivity contribution is 7.13. The van der Waals surface area contributed by atoms with Crippen molar-refractivity contribution in [1.82, 2.24) is 25.2 Å². The Balaban J connectivity index is 2.46. The zero-order chi connectivity index (χ0) is 13.3. The minimum atomic E-state index is -0.108. The maximum Gasteiger partial charge on any atom is 0.234 e. The van der Waals surface area contributed by atoms with Crippen LogP contribution in [0.2, 0.25) is 0 Å². The van der Waals surface area contributed by atoms with Crippen molar-refractivity contribution in [2.24, 2.45) is 0 Å². The first-order valence-electron chi connectivity index (χ1n) is 5.93. The Bertz CT molecular complexity index is 531. The fourth-order valence-electron chi connectivity index (χ4n) is 1.70. The van der Waals surface area contributed by atoms with Crippen LogP contribution in [0.4, 0.5) is 0 Å². The van der Waals surface area contributed by atoms with Crippen molar-refractivity contribution in [1.29, 1.82) is 0 Å². The number of aliphatic hydroxyl groups excluding tert-OH is 1. The lowest BCUT2D eigenvalue weighted by Gasteiger charge is -2.07. The lowest BCUT2D eigenvalue weighted by Crippen LogP contribution is -2.05. The summed E-state index contributed by atoms with van der Waals surface area (Å²) in [7, 11) is 0. The van der Waals surface area contributed by atoms with Gasteiger partial charge < -0.3 is 5.11 Å². The molecule has 98 valence electrons. The largest absolute Gasteiger partial charge is 0.390 e. The van der Waals surface area contributed by atoms with Crippen molar-refractivity contribution in [3.05, 3.63) is 16.4 Å². The van der Waals surface area contributed by atoms with Gasteiger partial charge in [-0.25, -0.2) is 0 Å². The first kappa shape index (κ1) is 13.1. The molecule has 0 aromatic carbocycles. The minimum absolute atomic E-state index is 0.108. The third-order valence-corrected chi connectivity index (χ3v) is 3.78. The summed E-state index contributed by atoms with van der Waals surface area (Å²) in [5.41, 5.74) is 1.50. The summed E-state index contributed by atoms with van der Waals surface area (Å²) in [6.07, 6.45) is 0. The average molecular weight is 267 g/mol. The van der Waals surface area contributed by atoms with E-state index < -0.39 is 0 Å².